The highest BCUT2D eigenvalue weighted by Crippen LogP contribution is 2.47. The predicted octanol–water partition coefficient (Wildman–Crippen LogP) is 16.9. The zero-order chi connectivity index (χ0) is 42.1. The highest BCUT2D eigenvalue weighted by atomic mass is 15.0. The van der Waals surface area contributed by atoms with Crippen molar-refractivity contribution < 1.29 is 0 Å². The van der Waals surface area contributed by atoms with Crippen molar-refractivity contribution in [2.75, 3.05) is 0 Å². The van der Waals surface area contributed by atoms with Gasteiger partial charge < -0.3 is 9.13 Å². The molecule has 0 spiro atoms. The first-order valence-electron chi connectivity index (χ1n) is 22.1. The van der Waals surface area contributed by atoms with Gasteiger partial charge in [-0.15, -0.1) is 0 Å². The molecule has 0 aliphatic heterocycles. The van der Waals surface area contributed by atoms with Gasteiger partial charge >= 0.3 is 0 Å². The Kier molecular flexibility index (Phi) is 8.25. The van der Waals surface area contributed by atoms with Crippen LogP contribution in [-0.2, 0) is 0 Å². The van der Waals surface area contributed by atoms with Crippen LogP contribution in [0.3, 0.4) is 0 Å². The first kappa shape index (κ1) is 36.2. The molecule has 0 amide bonds. The summed E-state index contributed by atoms with van der Waals surface area (Å²) in [4.78, 5) is 0. The van der Waals surface area contributed by atoms with Gasteiger partial charge in [0.05, 0.1) is 22.1 Å². The minimum absolute atomic E-state index is 1.16. The zero-order valence-electron chi connectivity index (χ0n) is 35.0. The molecule has 0 saturated carbocycles. The molecule has 0 radical (unpaired) electrons. The average molecular weight is 813 g/mol. The number of fused-ring (bicyclic) bond motifs is 8. The fourth-order valence-electron chi connectivity index (χ4n) is 10.5. The van der Waals surface area contributed by atoms with E-state index in [0.29, 0.717) is 0 Å². The van der Waals surface area contributed by atoms with E-state index in [1.54, 1.807) is 0 Å². The molecule has 0 unspecified atom stereocenters. The van der Waals surface area contributed by atoms with Crippen LogP contribution in [0.4, 0.5) is 0 Å². The molecule has 0 aliphatic rings. The summed E-state index contributed by atoms with van der Waals surface area (Å²) in [6.45, 7) is 0. The summed E-state index contributed by atoms with van der Waals surface area (Å²) in [5, 5.41) is 9.91. The topological polar surface area (TPSA) is 9.86 Å². The van der Waals surface area contributed by atoms with Gasteiger partial charge in [-0.1, -0.05) is 176 Å². The van der Waals surface area contributed by atoms with Crippen LogP contribution >= 0.6 is 0 Å². The standard InChI is InChI=1S/C62H40N2/c1-4-18-41(19-5-1)46-24-10-11-27-51(46)62-52-30-16-28-47(42-34-36-60-56(38-42)49-25-12-14-32-58(49)63(60)44-20-6-2-7-21-44)54(52)40-55-48(29-17-31-53(55)62)43-35-37-61-57(39-43)50-26-13-15-33-59(50)64(61)45-22-8-3-9-23-45/h1-40H. The van der Waals surface area contributed by atoms with E-state index in [-0.39, 0.29) is 0 Å². The molecule has 0 fully saturated rings. The maximum absolute atomic E-state index is 2.47. The third kappa shape index (κ3) is 5.59. The monoisotopic (exact) mass is 812 g/mol. The molecule has 0 N–H and O–H groups in total. The summed E-state index contributed by atoms with van der Waals surface area (Å²) in [6, 6.07) is 89.1. The Morgan fingerprint density at radius 1 is 0.203 bits per heavy atom. The minimum atomic E-state index is 1.16. The lowest BCUT2D eigenvalue weighted by Crippen LogP contribution is -1.94. The second-order valence-electron chi connectivity index (χ2n) is 16.8. The molecule has 13 rings (SSSR count). The van der Waals surface area contributed by atoms with Crippen molar-refractivity contribution in [2.24, 2.45) is 0 Å². The van der Waals surface area contributed by atoms with Gasteiger partial charge in [-0.2, -0.15) is 0 Å². The van der Waals surface area contributed by atoms with Gasteiger partial charge in [-0.25, -0.2) is 0 Å². The van der Waals surface area contributed by atoms with Crippen molar-refractivity contribution in [2.45, 2.75) is 0 Å². The summed E-state index contributed by atoms with van der Waals surface area (Å²) >= 11 is 0. The van der Waals surface area contributed by atoms with Crippen LogP contribution in [0.2, 0.25) is 0 Å². The third-order valence-electron chi connectivity index (χ3n) is 13.3. The van der Waals surface area contributed by atoms with Crippen LogP contribution in [0.15, 0.2) is 243 Å². The van der Waals surface area contributed by atoms with Crippen molar-refractivity contribution in [3.63, 3.8) is 0 Å². The van der Waals surface area contributed by atoms with E-state index >= 15 is 0 Å². The van der Waals surface area contributed by atoms with Crippen LogP contribution in [0, 0.1) is 0 Å². The van der Waals surface area contributed by atoms with Crippen LogP contribution in [0.1, 0.15) is 0 Å². The molecule has 64 heavy (non-hydrogen) atoms. The molecular formula is C62H40N2. The molecule has 2 aromatic heterocycles. The summed E-state index contributed by atoms with van der Waals surface area (Å²) in [5.74, 6) is 0. The number of nitrogens with zero attached hydrogens (tertiary/aromatic N) is 2. The summed E-state index contributed by atoms with van der Waals surface area (Å²) in [5.41, 5.74) is 16.9. The molecule has 13 aromatic rings. The highest BCUT2D eigenvalue weighted by molar-refractivity contribution is 6.21. The van der Waals surface area contributed by atoms with E-state index in [9.17, 15) is 0 Å². The maximum atomic E-state index is 2.47. The molecule has 0 aliphatic carbocycles. The van der Waals surface area contributed by atoms with Crippen molar-refractivity contribution in [3.05, 3.63) is 243 Å². The fraction of sp³-hybridized carbons (Fsp3) is 0. The van der Waals surface area contributed by atoms with Gasteiger partial charge in [-0.05, 0) is 133 Å². The van der Waals surface area contributed by atoms with Crippen LogP contribution in [0.25, 0.3) is 121 Å². The Labute approximate surface area is 371 Å². The quantitative estimate of drug-likeness (QED) is 0.148. The second-order valence-corrected chi connectivity index (χ2v) is 16.8. The first-order chi connectivity index (χ1) is 31.8. The average Bonchev–Trinajstić information content (AvgIpc) is 3.88. The summed E-state index contributed by atoms with van der Waals surface area (Å²) in [6.07, 6.45) is 0. The van der Waals surface area contributed by atoms with Crippen molar-refractivity contribution >= 4 is 65.2 Å². The Morgan fingerprint density at radius 2 is 0.594 bits per heavy atom. The van der Waals surface area contributed by atoms with E-state index in [1.165, 1.54) is 110 Å². The highest BCUT2D eigenvalue weighted by Gasteiger charge is 2.21. The fourth-order valence-corrected chi connectivity index (χ4v) is 10.5. The van der Waals surface area contributed by atoms with Crippen molar-refractivity contribution in [1.82, 2.24) is 9.13 Å². The number of aromatic nitrogens is 2. The molecule has 2 nitrogen and oxygen atoms in total. The van der Waals surface area contributed by atoms with E-state index < -0.39 is 0 Å². The number of hydrogen-bond acceptors (Lipinski definition) is 0. The van der Waals surface area contributed by atoms with Gasteiger partial charge in [0.15, 0.2) is 0 Å². The van der Waals surface area contributed by atoms with Gasteiger partial charge in [-0.3, -0.25) is 0 Å². The third-order valence-corrected chi connectivity index (χ3v) is 13.3. The van der Waals surface area contributed by atoms with Gasteiger partial charge in [0.25, 0.3) is 0 Å². The number of benzene rings is 11. The Balaban J connectivity index is 1.10. The van der Waals surface area contributed by atoms with E-state index in [0.717, 1.165) is 11.4 Å². The predicted molar refractivity (Wildman–Crippen MR) is 272 cm³/mol. The molecule has 298 valence electrons. The molecule has 0 saturated heterocycles. The van der Waals surface area contributed by atoms with Crippen LogP contribution in [0.5, 0.6) is 0 Å². The minimum Gasteiger partial charge on any atom is -0.309 e. The number of hydrogen-bond donors (Lipinski definition) is 0. The summed E-state index contributed by atoms with van der Waals surface area (Å²) in [7, 11) is 0. The maximum Gasteiger partial charge on any atom is 0.0541 e. The van der Waals surface area contributed by atoms with Crippen molar-refractivity contribution in [3.8, 4) is 55.9 Å². The smallest absolute Gasteiger partial charge is 0.0541 e. The molecule has 11 aromatic carbocycles. The largest absolute Gasteiger partial charge is 0.309 e. The SMILES string of the molecule is c1ccc(-c2ccccc2-c2c3cccc(-c4ccc5c(c4)c4ccccc4n5-c4ccccc4)c3cc3c(-c4ccc5c(c4)c4ccccc4n5-c4ccccc4)cccc23)cc1. The lowest BCUT2D eigenvalue weighted by molar-refractivity contribution is 1.18. The Hall–Kier alpha value is -8.46. The van der Waals surface area contributed by atoms with Gasteiger partial charge in [0, 0.05) is 32.9 Å². The lowest BCUT2D eigenvalue weighted by atomic mass is 9.84. The van der Waals surface area contributed by atoms with Crippen LogP contribution in [-0.4, -0.2) is 9.13 Å². The van der Waals surface area contributed by atoms with Crippen molar-refractivity contribution in [1.29, 1.82) is 0 Å². The molecular weight excluding hydrogens is 773 g/mol. The van der Waals surface area contributed by atoms with Gasteiger partial charge in [0.1, 0.15) is 0 Å². The number of rotatable bonds is 6. The molecule has 2 heteroatoms. The van der Waals surface area contributed by atoms with Gasteiger partial charge in [0.2, 0.25) is 0 Å². The van der Waals surface area contributed by atoms with E-state index in [1.807, 2.05) is 0 Å². The molecule has 0 atom stereocenters. The normalized spacial score (nSPS) is 11.8. The van der Waals surface area contributed by atoms with E-state index in [2.05, 4.69) is 252 Å². The first-order valence-corrected chi connectivity index (χ1v) is 22.1. The van der Waals surface area contributed by atoms with Crippen LogP contribution < -0.4 is 0 Å². The Morgan fingerprint density at radius 3 is 1.11 bits per heavy atom. The molecule has 0 bridgehead atoms. The zero-order valence-corrected chi connectivity index (χ0v) is 35.0. The Bertz CT molecular complexity index is 3720. The lowest BCUT2D eigenvalue weighted by Gasteiger charge is -2.19. The second kappa shape index (κ2) is 14.6. The molecule has 2 heterocycles. The number of para-hydroxylation sites is 4. The summed E-state index contributed by atoms with van der Waals surface area (Å²) < 4.78 is 4.79. The van der Waals surface area contributed by atoms with E-state index in [4.69, 9.17) is 0 Å².